The van der Waals surface area contributed by atoms with Crippen molar-refractivity contribution in [1.29, 1.82) is 0 Å². The normalized spacial score (nSPS) is 18.2. The van der Waals surface area contributed by atoms with Crippen LogP contribution in [0.1, 0.15) is 51.2 Å². The van der Waals surface area contributed by atoms with Gasteiger partial charge in [-0.25, -0.2) is 0 Å². The van der Waals surface area contributed by atoms with Crippen molar-refractivity contribution in [2.45, 2.75) is 51.5 Å². The minimum Gasteiger partial charge on any atom is -0.339 e. The van der Waals surface area contributed by atoms with Crippen LogP contribution in [0.2, 0.25) is 0 Å². The summed E-state index contributed by atoms with van der Waals surface area (Å²) in [5.74, 6) is 4.66. The van der Waals surface area contributed by atoms with Crippen LogP contribution in [-0.2, 0) is 12.0 Å². The van der Waals surface area contributed by atoms with Gasteiger partial charge in [-0.2, -0.15) is 16.7 Å². The highest BCUT2D eigenvalue weighted by molar-refractivity contribution is 7.99. The Labute approximate surface area is 113 Å². The van der Waals surface area contributed by atoms with Gasteiger partial charge in [-0.15, -0.1) is 0 Å². The smallest absolute Gasteiger partial charge is 0.226 e. The molecule has 2 heterocycles. The van der Waals surface area contributed by atoms with Crippen molar-refractivity contribution in [3.63, 3.8) is 0 Å². The van der Waals surface area contributed by atoms with Gasteiger partial charge in [0, 0.05) is 6.42 Å². The Balaban J connectivity index is 2.01. The van der Waals surface area contributed by atoms with Gasteiger partial charge in [0.05, 0.1) is 5.54 Å². The van der Waals surface area contributed by atoms with Crippen molar-refractivity contribution in [3.8, 4) is 0 Å². The van der Waals surface area contributed by atoms with E-state index in [4.69, 9.17) is 10.3 Å². The van der Waals surface area contributed by atoms with Crippen molar-refractivity contribution in [2.24, 2.45) is 11.7 Å². The molecule has 0 spiro atoms. The average Bonchev–Trinajstić information content (AvgIpc) is 2.88. The molecule has 0 bridgehead atoms. The summed E-state index contributed by atoms with van der Waals surface area (Å²) in [6, 6.07) is 0. The zero-order valence-corrected chi connectivity index (χ0v) is 12.1. The molecule has 1 aromatic heterocycles. The van der Waals surface area contributed by atoms with Gasteiger partial charge in [-0.3, -0.25) is 0 Å². The third-order valence-electron chi connectivity index (χ3n) is 3.98. The molecular weight excluding hydrogens is 246 g/mol. The van der Waals surface area contributed by atoms with Gasteiger partial charge in [-0.05, 0) is 43.1 Å². The molecule has 0 amide bonds. The summed E-state index contributed by atoms with van der Waals surface area (Å²) in [7, 11) is 0. The predicted molar refractivity (Wildman–Crippen MR) is 74.5 cm³/mol. The second-order valence-corrected chi connectivity index (χ2v) is 6.36. The Morgan fingerprint density at radius 2 is 2.00 bits per heavy atom. The minimum atomic E-state index is -0.426. The van der Waals surface area contributed by atoms with Gasteiger partial charge in [0.15, 0.2) is 5.82 Å². The molecule has 1 aliphatic heterocycles. The van der Waals surface area contributed by atoms with Gasteiger partial charge in [0.25, 0.3) is 0 Å². The first kappa shape index (κ1) is 13.9. The molecule has 0 unspecified atom stereocenters. The lowest BCUT2D eigenvalue weighted by Gasteiger charge is -2.21. The molecule has 2 N–H and O–H groups in total. The van der Waals surface area contributed by atoms with Crippen LogP contribution in [0.4, 0.5) is 0 Å². The van der Waals surface area contributed by atoms with Gasteiger partial charge in [-0.1, -0.05) is 19.0 Å². The summed E-state index contributed by atoms with van der Waals surface area (Å²) >= 11 is 2.04. The molecule has 2 rings (SSSR count). The minimum absolute atomic E-state index is 0.426. The molecule has 0 aromatic carbocycles. The molecule has 18 heavy (non-hydrogen) atoms. The Kier molecular flexibility index (Phi) is 4.67. The summed E-state index contributed by atoms with van der Waals surface area (Å²) in [6.45, 7) is 4.13. The van der Waals surface area contributed by atoms with Crippen LogP contribution in [0.25, 0.3) is 0 Å². The van der Waals surface area contributed by atoms with Gasteiger partial charge in [0.2, 0.25) is 5.89 Å². The second-order valence-electron chi connectivity index (χ2n) is 5.13. The highest BCUT2D eigenvalue weighted by Crippen LogP contribution is 2.27. The maximum Gasteiger partial charge on any atom is 0.226 e. The van der Waals surface area contributed by atoms with Crippen LogP contribution in [0.5, 0.6) is 0 Å². The Morgan fingerprint density at radius 3 is 2.61 bits per heavy atom. The molecule has 0 radical (unpaired) electrons. The molecular formula is C13H23N3OS. The van der Waals surface area contributed by atoms with Crippen molar-refractivity contribution in [3.05, 3.63) is 11.7 Å². The van der Waals surface area contributed by atoms with E-state index in [9.17, 15) is 0 Å². The third-order valence-corrected chi connectivity index (χ3v) is 5.03. The maximum absolute atomic E-state index is 6.28. The number of rotatable bonds is 5. The molecule has 4 nitrogen and oxygen atoms in total. The Morgan fingerprint density at radius 1 is 1.33 bits per heavy atom. The number of nitrogens with zero attached hydrogens (tertiary/aromatic N) is 2. The molecule has 1 aliphatic rings. The molecule has 1 fully saturated rings. The molecule has 1 saturated heterocycles. The number of hydrogen-bond acceptors (Lipinski definition) is 5. The first-order valence-corrected chi connectivity index (χ1v) is 8.03. The fourth-order valence-electron chi connectivity index (χ4n) is 2.30. The van der Waals surface area contributed by atoms with Crippen molar-refractivity contribution in [1.82, 2.24) is 10.1 Å². The quantitative estimate of drug-likeness (QED) is 0.890. The van der Waals surface area contributed by atoms with Crippen LogP contribution in [0.15, 0.2) is 4.52 Å². The van der Waals surface area contributed by atoms with E-state index >= 15 is 0 Å². The zero-order valence-electron chi connectivity index (χ0n) is 11.3. The van der Waals surface area contributed by atoms with Crippen LogP contribution in [-0.4, -0.2) is 21.6 Å². The Bertz CT molecular complexity index is 370. The number of thioether (sulfide) groups is 1. The summed E-state index contributed by atoms with van der Waals surface area (Å²) in [5, 5.41) is 4.08. The van der Waals surface area contributed by atoms with Crippen LogP contribution < -0.4 is 5.73 Å². The van der Waals surface area contributed by atoms with Gasteiger partial charge >= 0.3 is 0 Å². The molecule has 1 aromatic rings. The van der Waals surface area contributed by atoms with E-state index in [0.717, 1.165) is 25.2 Å². The highest BCUT2D eigenvalue weighted by Gasteiger charge is 2.29. The van der Waals surface area contributed by atoms with Gasteiger partial charge < -0.3 is 10.3 Å². The standard InChI is InChI=1S/C13H23N3OS/c1-3-13(14,4-2)12-15-11(17-16-12)9-10-5-7-18-8-6-10/h10H,3-9,14H2,1-2H3. The number of aromatic nitrogens is 2. The van der Waals surface area contributed by atoms with E-state index in [1.165, 1.54) is 24.3 Å². The topological polar surface area (TPSA) is 64.9 Å². The van der Waals surface area contributed by atoms with Gasteiger partial charge in [0.1, 0.15) is 0 Å². The van der Waals surface area contributed by atoms with E-state index in [1.54, 1.807) is 0 Å². The fourth-order valence-corrected chi connectivity index (χ4v) is 3.51. The van der Waals surface area contributed by atoms with E-state index in [2.05, 4.69) is 24.0 Å². The summed E-state index contributed by atoms with van der Waals surface area (Å²) in [5.41, 5.74) is 5.85. The van der Waals surface area contributed by atoms with E-state index in [1.807, 2.05) is 11.8 Å². The second kappa shape index (κ2) is 6.06. The lowest BCUT2D eigenvalue weighted by atomic mass is 9.93. The maximum atomic E-state index is 6.28. The average molecular weight is 269 g/mol. The monoisotopic (exact) mass is 269 g/mol. The summed E-state index contributed by atoms with van der Waals surface area (Å²) < 4.78 is 5.37. The lowest BCUT2D eigenvalue weighted by Crippen LogP contribution is -2.36. The zero-order chi connectivity index (χ0) is 13.0. The first-order chi connectivity index (χ1) is 8.68. The molecule has 0 saturated carbocycles. The number of hydrogen-bond donors (Lipinski definition) is 1. The van der Waals surface area contributed by atoms with E-state index in [-0.39, 0.29) is 0 Å². The van der Waals surface area contributed by atoms with Crippen molar-refractivity contribution >= 4 is 11.8 Å². The third kappa shape index (κ3) is 3.06. The SMILES string of the molecule is CCC(N)(CC)c1noc(CC2CCSCC2)n1. The lowest BCUT2D eigenvalue weighted by molar-refractivity contribution is 0.322. The van der Waals surface area contributed by atoms with Crippen LogP contribution in [0.3, 0.4) is 0 Å². The molecule has 5 heteroatoms. The van der Waals surface area contributed by atoms with Crippen molar-refractivity contribution < 1.29 is 4.52 Å². The molecule has 0 aliphatic carbocycles. The van der Waals surface area contributed by atoms with Crippen LogP contribution in [0, 0.1) is 5.92 Å². The van der Waals surface area contributed by atoms with Crippen molar-refractivity contribution in [2.75, 3.05) is 11.5 Å². The van der Waals surface area contributed by atoms with Crippen LogP contribution >= 0.6 is 11.8 Å². The summed E-state index contributed by atoms with van der Waals surface area (Å²) in [4.78, 5) is 4.51. The van der Waals surface area contributed by atoms with E-state index in [0.29, 0.717) is 11.7 Å². The first-order valence-electron chi connectivity index (χ1n) is 6.87. The number of nitrogens with two attached hydrogens (primary N) is 1. The largest absolute Gasteiger partial charge is 0.339 e. The molecule has 0 atom stereocenters. The highest BCUT2D eigenvalue weighted by atomic mass is 32.2. The Hall–Kier alpha value is -0.550. The predicted octanol–water partition coefficient (Wildman–Crippen LogP) is 2.73. The summed E-state index contributed by atoms with van der Waals surface area (Å²) in [6.07, 6.45) is 5.11. The van der Waals surface area contributed by atoms with E-state index < -0.39 is 5.54 Å². The fraction of sp³-hybridized carbons (Fsp3) is 0.846. The molecule has 102 valence electrons.